The zero-order chi connectivity index (χ0) is 25.8. The van der Waals surface area contributed by atoms with Crippen LogP contribution in [0.3, 0.4) is 0 Å². The maximum Gasteiger partial charge on any atom is 0.326 e. The molecule has 0 radical (unpaired) electrons. The number of aliphatic carboxylic acids is 1. The maximum absolute atomic E-state index is 12.7. The zero-order valence-corrected chi connectivity index (χ0v) is 20.6. The molecule has 5 atom stereocenters. The highest BCUT2D eigenvalue weighted by atomic mass is 32.2. The summed E-state index contributed by atoms with van der Waals surface area (Å²) < 4.78 is 0. The van der Waals surface area contributed by atoms with Crippen LogP contribution in [0.5, 0.6) is 5.75 Å². The molecule has 0 aromatic heterocycles. The van der Waals surface area contributed by atoms with E-state index in [1.807, 2.05) is 6.26 Å². The van der Waals surface area contributed by atoms with E-state index in [2.05, 4.69) is 28.6 Å². The fourth-order valence-electron chi connectivity index (χ4n) is 2.84. The Kier molecular flexibility index (Phi) is 12.8. The SMILES string of the molecule is CSCCC(N)C(=O)NC(C(=O)NC(CS)C(=O)NC(Cc1ccc(O)cc1)C(=O)O)C(C)O. The number of carboxylic acids is 1. The van der Waals surface area contributed by atoms with Gasteiger partial charge in [-0.3, -0.25) is 14.4 Å². The number of nitrogens with one attached hydrogen (secondary N) is 3. The van der Waals surface area contributed by atoms with Crippen molar-refractivity contribution < 1.29 is 34.5 Å². The number of rotatable bonds is 14. The molecule has 34 heavy (non-hydrogen) atoms. The Labute approximate surface area is 207 Å². The summed E-state index contributed by atoms with van der Waals surface area (Å²) in [7, 11) is 0. The van der Waals surface area contributed by atoms with E-state index in [0.717, 1.165) is 0 Å². The zero-order valence-electron chi connectivity index (χ0n) is 18.9. The van der Waals surface area contributed by atoms with Gasteiger partial charge in [0, 0.05) is 12.2 Å². The van der Waals surface area contributed by atoms with Crippen LogP contribution >= 0.6 is 24.4 Å². The molecule has 0 heterocycles. The molecule has 1 aromatic rings. The van der Waals surface area contributed by atoms with E-state index in [0.29, 0.717) is 17.7 Å². The Bertz CT molecular complexity index is 839. The van der Waals surface area contributed by atoms with Gasteiger partial charge >= 0.3 is 5.97 Å². The van der Waals surface area contributed by atoms with Gasteiger partial charge in [0.25, 0.3) is 0 Å². The second-order valence-corrected chi connectivity index (χ2v) is 8.98. The highest BCUT2D eigenvalue weighted by Crippen LogP contribution is 2.12. The number of thiol groups is 1. The van der Waals surface area contributed by atoms with Crippen molar-refractivity contribution >= 4 is 48.1 Å². The fourth-order valence-corrected chi connectivity index (χ4v) is 3.58. The number of aliphatic hydroxyl groups is 1. The summed E-state index contributed by atoms with van der Waals surface area (Å²) in [6.07, 6.45) is 0.885. The van der Waals surface area contributed by atoms with Crippen molar-refractivity contribution in [2.45, 2.75) is 50.0 Å². The molecule has 0 aliphatic rings. The molecule has 0 fully saturated rings. The lowest BCUT2D eigenvalue weighted by Gasteiger charge is -2.26. The van der Waals surface area contributed by atoms with Crippen molar-refractivity contribution in [2.24, 2.45) is 5.73 Å². The van der Waals surface area contributed by atoms with E-state index >= 15 is 0 Å². The number of carbonyl (C=O) groups excluding carboxylic acids is 3. The van der Waals surface area contributed by atoms with Gasteiger partial charge in [0.1, 0.15) is 23.9 Å². The number of hydrogen-bond donors (Lipinski definition) is 8. The minimum absolute atomic E-state index is 0.0162. The highest BCUT2D eigenvalue weighted by Gasteiger charge is 2.32. The summed E-state index contributed by atoms with van der Waals surface area (Å²) in [6, 6.07) is 1.04. The third-order valence-corrected chi connectivity index (χ3v) is 5.85. The average molecular weight is 517 g/mol. The van der Waals surface area contributed by atoms with Gasteiger partial charge in [-0.2, -0.15) is 24.4 Å². The lowest BCUT2D eigenvalue weighted by molar-refractivity contribution is -0.142. The summed E-state index contributed by atoms with van der Waals surface area (Å²) >= 11 is 5.56. The number of hydrogen-bond acceptors (Lipinski definition) is 9. The van der Waals surface area contributed by atoms with Crippen LogP contribution in [0.25, 0.3) is 0 Å². The van der Waals surface area contributed by atoms with E-state index in [-0.39, 0.29) is 17.9 Å². The van der Waals surface area contributed by atoms with Gasteiger partial charge in [-0.15, -0.1) is 0 Å². The number of amides is 3. The van der Waals surface area contributed by atoms with Crippen molar-refractivity contribution in [3.63, 3.8) is 0 Å². The number of thioether (sulfide) groups is 1. The van der Waals surface area contributed by atoms with Crippen LogP contribution in [-0.4, -0.2) is 87.0 Å². The number of aromatic hydroxyl groups is 1. The number of carbonyl (C=O) groups is 4. The highest BCUT2D eigenvalue weighted by molar-refractivity contribution is 7.98. The standard InChI is InChI=1S/C21H32N4O7S2/c1-11(26)17(25-18(28)14(22)7-8-34-2)20(30)24-16(10-33)19(29)23-15(21(31)32)9-12-3-5-13(27)6-4-12/h3-6,11,14-17,26-27,33H,7-10,22H2,1-2H3,(H,23,29)(H,24,30)(H,25,28)(H,31,32). The van der Waals surface area contributed by atoms with Crippen molar-refractivity contribution in [1.29, 1.82) is 0 Å². The first-order valence-corrected chi connectivity index (χ1v) is 12.5. The molecule has 11 nitrogen and oxygen atoms in total. The molecule has 0 saturated heterocycles. The first kappa shape index (κ1) is 29.6. The quantitative estimate of drug-likeness (QED) is 0.141. The van der Waals surface area contributed by atoms with Crippen molar-refractivity contribution in [3.05, 3.63) is 29.8 Å². The maximum atomic E-state index is 12.7. The summed E-state index contributed by atoms with van der Waals surface area (Å²) in [5.41, 5.74) is 6.36. The van der Waals surface area contributed by atoms with Gasteiger partial charge in [-0.25, -0.2) is 4.79 Å². The van der Waals surface area contributed by atoms with Crippen LogP contribution in [0.1, 0.15) is 18.9 Å². The van der Waals surface area contributed by atoms with Crippen LogP contribution in [-0.2, 0) is 25.6 Å². The molecule has 190 valence electrons. The molecule has 3 amide bonds. The lowest BCUT2D eigenvalue weighted by atomic mass is 10.1. The largest absolute Gasteiger partial charge is 0.508 e. The predicted molar refractivity (Wildman–Crippen MR) is 132 cm³/mol. The number of phenolic OH excluding ortho intramolecular Hbond substituents is 1. The molecule has 0 spiro atoms. The molecule has 0 bridgehead atoms. The van der Waals surface area contributed by atoms with E-state index in [4.69, 9.17) is 5.73 Å². The molecule has 1 aromatic carbocycles. The summed E-state index contributed by atoms with van der Waals surface area (Å²) in [5.74, 6) is -3.08. The Balaban J connectivity index is 2.82. The third-order valence-electron chi connectivity index (χ3n) is 4.84. The molecule has 0 aliphatic heterocycles. The van der Waals surface area contributed by atoms with Crippen molar-refractivity contribution in [1.82, 2.24) is 16.0 Å². The van der Waals surface area contributed by atoms with Gasteiger partial charge in [0.05, 0.1) is 12.1 Å². The molecule has 0 saturated carbocycles. The summed E-state index contributed by atoms with van der Waals surface area (Å²) in [6.45, 7) is 1.30. The fraction of sp³-hybridized carbons (Fsp3) is 0.524. The molecule has 13 heteroatoms. The number of benzene rings is 1. The monoisotopic (exact) mass is 516 g/mol. The Morgan fingerprint density at radius 3 is 2.12 bits per heavy atom. The third kappa shape index (κ3) is 9.79. The van der Waals surface area contributed by atoms with Gasteiger partial charge in [-0.05, 0) is 43.0 Å². The number of aliphatic hydroxyl groups excluding tert-OH is 1. The van der Waals surface area contributed by atoms with Crippen molar-refractivity contribution in [3.8, 4) is 5.75 Å². The van der Waals surface area contributed by atoms with Crippen molar-refractivity contribution in [2.75, 3.05) is 17.8 Å². The van der Waals surface area contributed by atoms with Crippen LogP contribution in [0.2, 0.25) is 0 Å². The molecular weight excluding hydrogens is 484 g/mol. The van der Waals surface area contributed by atoms with Crippen LogP contribution in [0.4, 0.5) is 0 Å². The second kappa shape index (κ2) is 14.7. The number of carboxylic acid groups (broad SMARTS) is 1. The minimum Gasteiger partial charge on any atom is -0.508 e. The lowest BCUT2D eigenvalue weighted by Crippen LogP contribution is -2.60. The van der Waals surface area contributed by atoms with Gasteiger partial charge in [0.15, 0.2) is 0 Å². The van der Waals surface area contributed by atoms with Crippen LogP contribution < -0.4 is 21.7 Å². The van der Waals surface area contributed by atoms with Crippen LogP contribution in [0, 0.1) is 0 Å². The Hall–Kier alpha value is -2.48. The van der Waals surface area contributed by atoms with E-state index < -0.39 is 54.0 Å². The van der Waals surface area contributed by atoms with Gasteiger partial charge in [-0.1, -0.05) is 12.1 Å². The molecule has 5 unspecified atom stereocenters. The molecule has 1 rings (SSSR count). The average Bonchev–Trinajstić information content (AvgIpc) is 2.79. The minimum atomic E-state index is -1.38. The first-order chi connectivity index (χ1) is 16.0. The predicted octanol–water partition coefficient (Wildman–Crippen LogP) is -1.14. The van der Waals surface area contributed by atoms with E-state index in [9.17, 15) is 34.5 Å². The van der Waals surface area contributed by atoms with Gasteiger partial charge in [0.2, 0.25) is 17.7 Å². The van der Waals surface area contributed by atoms with E-state index in [1.165, 1.54) is 43.0 Å². The van der Waals surface area contributed by atoms with Crippen LogP contribution in [0.15, 0.2) is 24.3 Å². The Morgan fingerprint density at radius 1 is 1.03 bits per heavy atom. The smallest absolute Gasteiger partial charge is 0.326 e. The second-order valence-electron chi connectivity index (χ2n) is 7.63. The molecule has 0 aliphatic carbocycles. The molecular formula is C21H32N4O7S2. The number of phenols is 1. The number of nitrogens with two attached hydrogens (primary N) is 1. The summed E-state index contributed by atoms with van der Waals surface area (Å²) in [4.78, 5) is 49.2. The summed E-state index contributed by atoms with van der Waals surface area (Å²) in [5, 5.41) is 35.9. The topological polar surface area (TPSA) is 191 Å². The Morgan fingerprint density at radius 2 is 1.62 bits per heavy atom. The first-order valence-electron chi connectivity index (χ1n) is 10.4. The molecule has 8 N–H and O–H groups in total. The van der Waals surface area contributed by atoms with Gasteiger partial charge < -0.3 is 37.0 Å². The van der Waals surface area contributed by atoms with E-state index in [1.54, 1.807) is 0 Å². The normalized spacial score (nSPS) is 15.3.